The molecule has 1 amide bonds. The third-order valence-corrected chi connectivity index (χ3v) is 3.37. The lowest BCUT2D eigenvalue weighted by Gasteiger charge is -2.19. The van der Waals surface area contributed by atoms with Crippen LogP contribution in [-0.2, 0) is 9.59 Å². The van der Waals surface area contributed by atoms with Crippen molar-refractivity contribution in [3.63, 3.8) is 0 Å². The number of nitro groups is 1. The van der Waals surface area contributed by atoms with Gasteiger partial charge in [-0.1, -0.05) is 11.6 Å². The summed E-state index contributed by atoms with van der Waals surface area (Å²) >= 11 is 5.71. The Kier molecular flexibility index (Phi) is 8.09. The Labute approximate surface area is 153 Å². The topological polar surface area (TPSA) is 174 Å². The molecule has 1 aromatic rings. The summed E-state index contributed by atoms with van der Waals surface area (Å²) in [7, 11) is 0. The predicted molar refractivity (Wildman–Crippen MR) is 92.1 cm³/mol. The lowest BCUT2D eigenvalue weighted by molar-refractivity contribution is -0.640. The number of guanidine groups is 1. The number of carbonyl (C=O) groups excluding carboxylic acids is 1. The molecule has 0 spiro atoms. The Morgan fingerprint density at radius 3 is 2.46 bits per heavy atom. The van der Waals surface area contributed by atoms with E-state index in [1.54, 1.807) is 0 Å². The van der Waals surface area contributed by atoms with E-state index in [2.05, 4.69) is 4.99 Å². The van der Waals surface area contributed by atoms with Gasteiger partial charge in [0.05, 0.1) is 0 Å². The van der Waals surface area contributed by atoms with Crippen molar-refractivity contribution >= 4 is 29.4 Å². The molecule has 0 aliphatic carbocycles. The zero-order valence-electron chi connectivity index (χ0n) is 13.6. The molecular weight excluding hydrogens is 370 g/mol. The van der Waals surface area contributed by atoms with Crippen LogP contribution in [0, 0.1) is 10.1 Å². The maximum Gasteiger partial charge on any atom is 0.333 e. The third kappa shape index (κ3) is 6.81. The Morgan fingerprint density at radius 1 is 1.35 bits per heavy atom. The van der Waals surface area contributed by atoms with E-state index in [1.165, 1.54) is 24.3 Å². The predicted octanol–water partition coefficient (Wildman–Crippen LogP) is 0.246. The SMILES string of the molecule is NC(N)=NCCC[C@@H](C(=O)O)N(C(=O)COc1ccc(Cl)cc1)[N+](=O)[O-]. The van der Waals surface area contributed by atoms with Crippen molar-refractivity contribution in [2.24, 2.45) is 16.5 Å². The van der Waals surface area contributed by atoms with Crippen LogP contribution in [0.5, 0.6) is 5.75 Å². The first-order valence-corrected chi connectivity index (χ1v) is 7.73. The highest BCUT2D eigenvalue weighted by Gasteiger charge is 2.38. The standard InChI is InChI=1S/C14H18ClN5O6/c15-9-3-5-10(6-4-9)26-8-12(21)19(20(24)25)11(13(22)23)2-1-7-18-14(16)17/h3-6,11H,1-2,7-8H2,(H,22,23)(H4,16,17,18)/t11-/m0/s1. The highest BCUT2D eigenvalue weighted by atomic mass is 35.5. The van der Waals surface area contributed by atoms with Gasteiger partial charge in [0.15, 0.2) is 23.6 Å². The van der Waals surface area contributed by atoms with Crippen LogP contribution in [0.4, 0.5) is 0 Å². The molecule has 0 radical (unpaired) electrons. The van der Waals surface area contributed by atoms with E-state index in [0.717, 1.165) is 0 Å². The summed E-state index contributed by atoms with van der Waals surface area (Å²) in [5, 5.41) is 19.8. The minimum absolute atomic E-state index is 0.0355. The number of benzene rings is 1. The molecule has 142 valence electrons. The summed E-state index contributed by atoms with van der Waals surface area (Å²) in [6.07, 6.45) is -0.0791. The number of carboxylic acid groups (broad SMARTS) is 1. The minimum Gasteiger partial charge on any atom is -0.484 e. The van der Waals surface area contributed by atoms with Gasteiger partial charge in [0.25, 0.3) is 0 Å². The van der Waals surface area contributed by atoms with Gasteiger partial charge in [-0.2, -0.15) is 0 Å². The van der Waals surface area contributed by atoms with Gasteiger partial charge in [-0.05, 0) is 42.1 Å². The van der Waals surface area contributed by atoms with Crippen molar-refractivity contribution in [2.45, 2.75) is 18.9 Å². The molecule has 0 aliphatic heterocycles. The highest BCUT2D eigenvalue weighted by molar-refractivity contribution is 6.30. The van der Waals surface area contributed by atoms with Crippen LogP contribution in [0.3, 0.4) is 0 Å². The number of hydrogen-bond acceptors (Lipinski definition) is 6. The number of rotatable bonds is 10. The first-order valence-electron chi connectivity index (χ1n) is 7.35. The fourth-order valence-corrected chi connectivity index (χ4v) is 2.09. The number of nitrogens with two attached hydrogens (primary N) is 2. The second-order valence-electron chi connectivity index (χ2n) is 5.02. The Bertz CT molecular complexity index is 677. The first kappa shape index (κ1) is 21.0. The van der Waals surface area contributed by atoms with Gasteiger partial charge in [0.2, 0.25) is 0 Å². The van der Waals surface area contributed by atoms with E-state index >= 15 is 0 Å². The molecule has 0 saturated heterocycles. The summed E-state index contributed by atoms with van der Waals surface area (Å²) in [5.74, 6) is -2.56. The van der Waals surface area contributed by atoms with Crippen molar-refractivity contribution in [1.29, 1.82) is 0 Å². The summed E-state index contributed by atoms with van der Waals surface area (Å²) < 4.78 is 5.14. The molecule has 0 heterocycles. The Balaban J connectivity index is 2.76. The molecule has 0 unspecified atom stereocenters. The molecule has 26 heavy (non-hydrogen) atoms. The lowest BCUT2D eigenvalue weighted by atomic mass is 10.1. The molecular formula is C14H18ClN5O6. The molecule has 0 fully saturated rings. The molecule has 1 aromatic carbocycles. The van der Waals surface area contributed by atoms with Crippen molar-refractivity contribution in [3.05, 3.63) is 39.4 Å². The van der Waals surface area contributed by atoms with E-state index in [4.69, 9.17) is 27.8 Å². The summed E-state index contributed by atoms with van der Waals surface area (Å²) in [6.45, 7) is -0.632. The minimum atomic E-state index is -1.68. The zero-order valence-corrected chi connectivity index (χ0v) is 14.3. The van der Waals surface area contributed by atoms with Gasteiger partial charge in [-0.25, -0.2) is 14.9 Å². The molecule has 1 atom stereocenters. The average molecular weight is 388 g/mol. The first-order chi connectivity index (χ1) is 12.2. The number of aliphatic carboxylic acids is 1. The lowest BCUT2D eigenvalue weighted by Crippen LogP contribution is -2.50. The third-order valence-electron chi connectivity index (χ3n) is 3.12. The van der Waals surface area contributed by atoms with Crippen molar-refractivity contribution in [3.8, 4) is 5.75 Å². The number of halogens is 1. The fourth-order valence-electron chi connectivity index (χ4n) is 1.96. The largest absolute Gasteiger partial charge is 0.484 e. The number of carboxylic acids is 1. The number of hydrazine groups is 1. The molecule has 0 aromatic heterocycles. The van der Waals surface area contributed by atoms with Gasteiger partial charge in [-0.15, -0.1) is 0 Å². The number of nitrogens with zero attached hydrogens (tertiary/aromatic N) is 3. The Hall–Kier alpha value is -3.08. The average Bonchev–Trinajstić information content (AvgIpc) is 2.56. The monoisotopic (exact) mass is 387 g/mol. The van der Waals surface area contributed by atoms with E-state index in [9.17, 15) is 24.8 Å². The summed E-state index contributed by atoms with van der Waals surface area (Å²) in [5.41, 5.74) is 10.3. The highest BCUT2D eigenvalue weighted by Crippen LogP contribution is 2.16. The molecule has 1 rings (SSSR count). The molecule has 0 saturated carbocycles. The van der Waals surface area contributed by atoms with Crippen molar-refractivity contribution in [1.82, 2.24) is 5.01 Å². The van der Waals surface area contributed by atoms with Gasteiger partial charge in [0.1, 0.15) is 5.75 Å². The second kappa shape index (κ2) is 10.0. The van der Waals surface area contributed by atoms with Gasteiger partial charge >= 0.3 is 11.9 Å². The number of aliphatic imine (C=N–C) groups is 1. The van der Waals surface area contributed by atoms with E-state index in [1.807, 2.05) is 0 Å². The summed E-state index contributed by atoms with van der Waals surface area (Å²) in [4.78, 5) is 38.3. The molecule has 12 heteroatoms. The number of ether oxygens (including phenoxy) is 1. The number of hydrogen-bond donors (Lipinski definition) is 3. The fraction of sp³-hybridized carbons (Fsp3) is 0.357. The second-order valence-corrected chi connectivity index (χ2v) is 5.46. The van der Waals surface area contributed by atoms with Crippen LogP contribution in [0.15, 0.2) is 29.3 Å². The van der Waals surface area contributed by atoms with Crippen LogP contribution in [0.2, 0.25) is 5.02 Å². The van der Waals surface area contributed by atoms with Crippen LogP contribution >= 0.6 is 11.6 Å². The van der Waals surface area contributed by atoms with E-state index in [0.29, 0.717) is 5.02 Å². The van der Waals surface area contributed by atoms with Crippen LogP contribution < -0.4 is 16.2 Å². The smallest absolute Gasteiger partial charge is 0.333 e. The van der Waals surface area contributed by atoms with E-state index in [-0.39, 0.29) is 36.1 Å². The maximum atomic E-state index is 12.1. The number of amides is 1. The van der Waals surface area contributed by atoms with Crippen LogP contribution in [0.1, 0.15) is 12.8 Å². The van der Waals surface area contributed by atoms with E-state index < -0.39 is 29.6 Å². The van der Waals surface area contributed by atoms with Crippen molar-refractivity contribution in [2.75, 3.05) is 13.2 Å². The number of carbonyl (C=O) groups is 2. The Morgan fingerprint density at radius 2 is 1.96 bits per heavy atom. The maximum absolute atomic E-state index is 12.1. The van der Waals surface area contributed by atoms with Gasteiger partial charge in [-0.3, -0.25) is 9.79 Å². The molecule has 11 nitrogen and oxygen atoms in total. The van der Waals surface area contributed by atoms with Crippen LogP contribution in [-0.4, -0.2) is 52.2 Å². The van der Waals surface area contributed by atoms with Crippen LogP contribution in [0.25, 0.3) is 0 Å². The normalized spacial score (nSPS) is 11.3. The molecule has 0 bridgehead atoms. The van der Waals surface area contributed by atoms with Crippen molar-refractivity contribution < 1.29 is 24.5 Å². The molecule has 0 aliphatic rings. The van der Waals surface area contributed by atoms with Gasteiger partial charge < -0.3 is 21.3 Å². The summed E-state index contributed by atoms with van der Waals surface area (Å²) in [6, 6.07) is 4.28. The molecule has 5 N–H and O–H groups in total. The van der Waals surface area contributed by atoms with Gasteiger partial charge in [0, 0.05) is 11.6 Å². The zero-order chi connectivity index (χ0) is 19.7. The quantitative estimate of drug-likeness (QED) is 0.168.